The van der Waals surface area contributed by atoms with Crippen LogP contribution in [0.4, 0.5) is 0 Å². The molecular formula is C19H18O4. The van der Waals surface area contributed by atoms with E-state index in [9.17, 15) is 4.79 Å². The molecule has 0 aromatic heterocycles. The van der Waals surface area contributed by atoms with Crippen LogP contribution in [0.2, 0.25) is 0 Å². The number of rotatable bonds is 5. The van der Waals surface area contributed by atoms with Crippen molar-refractivity contribution >= 4 is 11.9 Å². The first-order valence-corrected chi connectivity index (χ1v) is 7.61. The average Bonchev–Trinajstić information content (AvgIpc) is 2.60. The number of hydrogen-bond donors (Lipinski definition) is 0. The summed E-state index contributed by atoms with van der Waals surface area (Å²) in [7, 11) is 0. The summed E-state index contributed by atoms with van der Waals surface area (Å²) >= 11 is 0. The fraction of sp³-hybridized carbons (Fsp3) is 0.211. The first-order valence-electron chi connectivity index (χ1n) is 7.61. The highest BCUT2D eigenvalue weighted by Gasteiger charge is 2.11. The third-order valence-electron chi connectivity index (χ3n) is 3.42. The quantitative estimate of drug-likeness (QED) is 0.623. The van der Waals surface area contributed by atoms with Crippen molar-refractivity contribution in [3.8, 4) is 17.2 Å². The zero-order valence-corrected chi connectivity index (χ0v) is 13.0. The minimum atomic E-state index is -0.0681. The lowest BCUT2D eigenvalue weighted by atomic mass is 10.1. The van der Waals surface area contributed by atoms with Crippen molar-refractivity contribution in [2.75, 3.05) is 19.8 Å². The monoisotopic (exact) mass is 310 g/mol. The van der Waals surface area contributed by atoms with Gasteiger partial charge in [-0.25, -0.2) is 0 Å². The van der Waals surface area contributed by atoms with Gasteiger partial charge >= 0.3 is 0 Å². The molecule has 0 unspecified atom stereocenters. The molecule has 0 aliphatic carbocycles. The zero-order chi connectivity index (χ0) is 16.1. The molecule has 118 valence electrons. The number of carbonyl (C=O) groups is 1. The second-order valence-electron chi connectivity index (χ2n) is 5.06. The SMILES string of the molecule is CCOc1cccc(C(=O)/C=C/c2ccc3c(c2)OCCO3)c1. The Bertz CT molecular complexity index is 734. The van der Waals surface area contributed by atoms with E-state index >= 15 is 0 Å². The van der Waals surface area contributed by atoms with Crippen LogP contribution in [0.1, 0.15) is 22.8 Å². The van der Waals surface area contributed by atoms with Gasteiger partial charge < -0.3 is 14.2 Å². The Kier molecular flexibility index (Phi) is 4.62. The van der Waals surface area contributed by atoms with Crippen molar-refractivity contribution in [1.82, 2.24) is 0 Å². The summed E-state index contributed by atoms with van der Waals surface area (Å²) in [5.41, 5.74) is 1.49. The van der Waals surface area contributed by atoms with Crippen molar-refractivity contribution in [3.63, 3.8) is 0 Å². The van der Waals surface area contributed by atoms with Crippen LogP contribution < -0.4 is 14.2 Å². The largest absolute Gasteiger partial charge is 0.494 e. The molecule has 4 nitrogen and oxygen atoms in total. The maximum Gasteiger partial charge on any atom is 0.185 e. The fourth-order valence-electron chi connectivity index (χ4n) is 2.34. The molecule has 0 fully saturated rings. The Morgan fingerprint density at radius 1 is 1.13 bits per heavy atom. The molecule has 2 aromatic carbocycles. The van der Waals surface area contributed by atoms with E-state index in [4.69, 9.17) is 14.2 Å². The lowest BCUT2D eigenvalue weighted by Gasteiger charge is -2.18. The van der Waals surface area contributed by atoms with Gasteiger partial charge in [-0.2, -0.15) is 0 Å². The number of ether oxygens (including phenoxy) is 3. The highest BCUT2D eigenvalue weighted by Crippen LogP contribution is 2.31. The summed E-state index contributed by atoms with van der Waals surface area (Å²) in [4.78, 5) is 12.3. The van der Waals surface area contributed by atoms with Gasteiger partial charge in [0.2, 0.25) is 0 Å². The van der Waals surface area contributed by atoms with Crippen LogP contribution in [-0.2, 0) is 0 Å². The third-order valence-corrected chi connectivity index (χ3v) is 3.42. The van der Waals surface area contributed by atoms with Gasteiger partial charge in [-0.15, -0.1) is 0 Å². The van der Waals surface area contributed by atoms with E-state index in [0.29, 0.717) is 36.9 Å². The molecule has 2 aromatic rings. The number of fused-ring (bicyclic) bond motifs is 1. The summed E-state index contributed by atoms with van der Waals surface area (Å²) in [5.74, 6) is 2.08. The lowest BCUT2D eigenvalue weighted by molar-refractivity contribution is 0.104. The number of ketones is 1. The third kappa shape index (κ3) is 3.72. The number of allylic oxidation sites excluding steroid dienone is 1. The molecule has 0 saturated heterocycles. The van der Waals surface area contributed by atoms with Crippen LogP contribution in [0.3, 0.4) is 0 Å². The first kappa shape index (κ1) is 15.2. The van der Waals surface area contributed by atoms with Crippen molar-refractivity contribution in [1.29, 1.82) is 0 Å². The minimum absolute atomic E-state index is 0.0681. The summed E-state index contributed by atoms with van der Waals surface area (Å²) < 4.78 is 16.4. The summed E-state index contributed by atoms with van der Waals surface area (Å²) in [6, 6.07) is 12.8. The predicted molar refractivity (Wildman–Crippen MR) is 88.4 cm³/mol. The molecule has 23 heavy (non-hydrogen) atoms. The summed E-state index contributed by atoms with van der Waals surface area (Å²) in [6.45, 7) is 3.60. The van der Waals surface area contributed by atoms with Crippen LogP contribution in [-0.4, -0.2) is 25.6 Å². The van der Waals surface area contributed by atoms with Gasteiger partial charge in [0.1, 0.15) is 19.0 Å². The highest BCUT2D eigenvalue weighted by molar-refractivity contribution is 6.07. The molecule has 1 heterocycles. The maximum atomic E-state index is 12.3. The van der Waals surface area contributed by atoms with E-state index in [1.807, 2.05) is 37.3 Å². The Balaban J connectivity index is 1.74. The molecule has 3 rings (SSSR count). The predicted octanol–water partition coefficient (Wildman–Crippen LogP) is 3.75. The zero-order valence-electron chi connectivity index (χ0n) is 13.0. The number of carbonyl (C=O) groups excluding carboxylic acids is 1. The number of hydrogen-bond acceptors (Lipinski definition) is 4. The van der Waals surface area contributed by atoms with Gasteiger partial charge in [0.05, 0.1) is 6.61 Å². The average molecular weight is 310 g/mol. The fourth-order valence-corrected chi connectivity index (χ4v) is 2.34. The van der Waals surface area contributed by atoms with Crippen LogP contribution in [0.15, 0.2) is 48.5 Å². The minimum Gasteiger partial charge on any atom is -0.494 e. The molecule has 0 N–H and O–H groups in total. The second kappa shape index (κ2) is 7.01. The Morgan fingerprint density at radius 2 is 1.96 bits per heavy atom. The van der Waals surface area contributed by atoms with E-state index in [-0.39, 0.29) is 5.78 Å². The smallest absolute Gasteiger partial charge is 0.185 e. The molecule has 1 aliphatic heterocycles. The normalized spacial score (nSPS) is 13.1. The highest BCUT2D eigenvalue weighted by atomic mass is 16.6. The van der Waals surface area contributed by atoms with Crippen molar-refractivity contribution in [3.05, 3.63) is 59.7 Å². The van der Waals surface area contributed by atoms with E-state index in [1.165, 1.54) is 0 Å². The molecule has 4 heteroatoms. The van der Waals surface area contributed by atoms with Crippen LogP contribution in [0.5, 0.6) is 17.2 Å². The molecule has 0 amide bonds. The molecule has 0 radical (unpaired) electrons. The Morgan fingerprint density at radius 3 is 2.78 bits per heavy atom. The van der Waals surface area contributed by atoms with Gasteiger partial charge in [-0.1, -0.05) is 24.3 Å². The summed E-state index contributed by atoms with van der Waals surface area (Å²) in [5, 5.41) is 0. The van der Waals surface area contributed by atoms with E-state index in [1.54, 1.807) is 24.3 Å². The van der Waals surface area contributed by atoms with E-state index in [0.717, 1.165) is 11.3 Å². The van der Waals surface area contributed by atoms with Gasteiger partial charge in [0, 0.05) is 5.56 Å². The van der Waals surface area contributed by atoms with Gasteiger partial charge in [0.15, 0.2) is 17.3 Å². The molecular weight excluding hydrogens is 292 g/mol. The molecule has 0 atom stereocenters. The topological polar surface area (TPSA) is 44.8 Å². The van der Waals surface area contributed by atoms with Crippen molar-refractivity contribution < 1.29 is 19.0 Å². The Hall–Kier alpha value is -2.75. The van der Waals surface area contributed by atoms with E-state index in [2.05, 4.69) is 0 Å². The van der Waals surface area contributed by atoms with Gasteiger partial charge in [0.25, 0.3) is 0 Å². The van der Waals surface area contributed by atoms with Gasteiger partial charge in [-0.3, -0.25) is 4.79 Å². The van der Waals surface area contributed by atoms with Crippen LogP contribution in [0, 0.1) is 0 Å². The van der Waals surface area contributed by atoms with Crippen LogP contribution >= 0.6 is 0 Å². The molecule has 0 bridgehead atoms. The number of benzene rings is 2. The lowest BCUT2D eigenvalue weighted by Crippen LogP contribution is -2.15. The van der Waals surface area contributed by atoms with Gasteiger partial charge in [-0.05, 0) is 42.8 Å². The molecule has 0 spiro atoms. The van der Waals surface area contributed by atoms with Crippen molar-refractivity contribution in [2.45, 2.75) is 6.92 Å². The van der Waals surface area contributed by atoms with E-state index < -0.39 is 0 Å². The molecule has 0 saturated carbocycles. The Labute approximate surface area is 135 Å². The molecule has 1 aliphatic rings. The standard InChI is InChI=1S/C19H18O4/c1-2-21-16-5-3-4-15(13-16)17(20)8-6-14-7-9-18-19(12-14)23-11-10-22-18/h3-9,12-13H,2,10-11H2,1H3/b8-6+. The maximum absolute atomic E-state index is 12.3. The summed E-state index contributed by atoms with van der Waals surface area (Å²) in [6.07, 6.45) is 3.32. The first-order chi connectivity index (χ1) is 11.3. The van der Waals surface area contributed by atoms with Crippen molar-refractivity contribution in [2.24, 2.45) is 0 Å². The van der Waals surface area contributed by atoms with Crippen LogP contribution in [0.25, 0.3) is 6.08 Å². The second-order valence-corrected chi connectivity index (χ2v) is 5.06.